The summed E-state index contributed by atoms with van der Waals surface area (Å²) in [7, 11) is -4.30. The molecule has 0 atom stereocenters. The molecule has 0 unspecified atom stereocenters. The first-order chi connectivity index (χ1) is 6.25. The van der Waals surface area contributed by atoms with Crippen molar-refractivity contribution in [3.05, 3.63) is 16.1 Å². The van der Waals surface area contributed by atoms with E-state index in [0.29, 0.717) is 5.56 Å². The normalized spacial score (nSPS) is 11.6. The van der Waals surface area contributed by atoms with E-state index in [1.54, 1.807) is 6.92 Å². The number of hydrogen-bond acceptors (Lipinski definition) is 4. The van der Waals surface area contributed by atoms with E-state index in [-0.39, 0.29) is 20.7 Å². The molecular formula is C7H9BrN2O3S. The number of nitrogens with two attached hydrogens (primary N) is 2. The summed E-state index contributed by atoms with van der Waals surface area (Å²) in [6.45, 7) is 1.66. The molecule has 7 heteroatoms. The number of hydrogen-bond donors (Lipinski definition) is 3. The Bertz CT molecular complexity index is 484. The highest BCUT2D eigenvalue weighted by Crippen LogP contribution is 2.33. The van der Waals surface area contributed by atoms with Crippen molar-refractivity contribution in [2.45, 2.75) is 11.8 Å². The molecule has 0 saturated carbocycles. The summed E-state index contributed by atoms with van der Waals surface area (Å²) < 4.78 is 30.7. The second-order valence-electron chi connectivity index (χ2n) is 2.79. The van der Waals surface area contributed by atoms with Crippen LogP contribution in [0.15, 0.2) is 15.4 Å². The van der Waals surface area contributed by atoms with Gasteiger partial charge < -0.3 is 11.5 Å². The third kappa shape index (κ3) is 1.84. The van der Waals surface area contributed by atoms with E-state index in [2.05, 4.69) is 15.9 Å². The zero-order chi connectivity index (χ0) is 11.1. The van der Waals surface area contributed by atoms with Gasteiger partial charge in [0.25, 0.3) is 10.1 Å². The van der Waals surface area contributed by atoms with Crippen LogP contribution in [0.5, 0.6) is 0 Å². The van der Waals surface area contributed by atoms with Crippen molar-refractivity contribution in [3.8, 4) is 0 Å². The van der Waals surface area contributed by atoms with Gasteiger partial charge in [-0.15, -0.1) is 0 Å². The second kappa shape index (κ2) is 3.41. The summed E-state index contributed by atoms with van der Waals surface area (Å²) in [5.74, 6) is 0. The maximum atomic E-state index is 10.9. The maximum absolute atomic E-state index is 10.9. The van der Waals surface area contributed by atoms with Gasteiger partial charge in [-0.25, -0.2) is 0 Å². The van der Waals surface area contributed by atoms with Crippen LogP contribution in [0.2, 0.25) is 0 Å². The third-order valence-corrected chi connectivity index (χ3v) is 3.85. The highest BCUT2D eigenvalue weighted by atomic mass is 79.9. The van der Waals surface area contributed by atoms with Gasteiger partial charge in [0.05, 0.1) is 10.2 Å². The topological polar surface area (TPSA) is 106 Å². The van der Waals surface area contributed by atoms with Crippen LogP contribution < -0.4 is 11.5 Å². The van der Waals surface area contributed by atoms with Crippen molar-refractivity contribution in [3.63, 3.8) is 0 Å². The Morgan fingerprint density at radius 2 is 1.93 bits per heavy atom. The molecule has 0 aliphatic heterocycles. The summed E-state index contributed by atoms with van der Waals surface area (Å²) in [4.78, 5) is -0.321. The molecule has 0 saturated heterocycles. The standard InChI is InChI=1S/C7H9BrN2O3S/c1-3-4(9)2-5(14(11,12)13)6(8)7(3)10/h2H,9-10H2,1H3,(H,11,12,13). The van der Waals surface area contributed by atoms with Crippen molar-refractivity contribution in [2.24, 2.45) is 0 Å². The molecule has 0 spiro atoms. The molecule has 0 amide bonds. The number of nitrogen functional groups attached to an aromatic ring is 2. The van der Waals surface area contributed by atoms with Crippen molar-refractivity contribution < 1.29 is 13.0 Å². The van der Waals surface area contributed by atoms with Crippen molar-refractivity contribution in [1.29, 1.82) is 0 Å². The molecule has 0 radical (unpaired) electrons. The molecule has 14 heavy (non-hydrogen) atoms. The predicted molar refractivity (Wildman–Crippen MR) is 57.5 cm³/mol. The van der Waals surface area contributed by atoms with E-state index in [0.717, 1.165) is 6.07 Å². The fraction of sp³-hybridized carbons (Fsp3) is 0.143. The first-order valence-electron chi connectivity index (χ1n) is 3.56. The summed E-state index contributed by atoms with van der Waals surface area (Å²) in [5.41, 5.74) is 12.1. The fourth-order valence-electron chi connectivity index (χ4n) is 0.953. The van der Waals surface area contributed by atoms with Gasteiger partial charge in [0.2, 0.25) is 0 Å². The van der Waals surface area contributed by atoms with Gasteiger partial charge >= 0.3 is 0 Å². The first-order valence-corrected chi connectivity index (χ1v) is 5.80. The van der Waals surface area contributed by atoms with Crippen LogP contribution >= 0.6 is 15.9 Å². The molecule has 1 aromatic rings. The van der Waals surface area contributed by atoms with E-state index in [1.807, 2.05) is 0 Å². The smallest absolute Gasteiger partial charge is 0.295 e. The zero-order valence-electron chi connectivity index (χ0n) is 7.28. The van der Waals surface area contributed by atoms with Crippen LogP contribution in [0.1, 0.15) is 5.56 Å². The quantitative estimate of drug-likeness (QED) is 0.529. The Balaban J connectivity index is 3.66. The molecule has 5 nitrogen and oxygen atoms in total. The molecule has 0 aliphatic carbocycles. The van der Waals surface area contributed by atoms with Gasteiger partial charge in [-0.3, -0.25) is 4.55 Å². The average molecular weight is 281 g/mol. The lowest BCUT2D eigenvalue weighted by atomic mass is 10.2. The van der Waals surface area contributed by atoms with Gasteiger partial charge in [0.15, 0.2) is 0 Å². The van der Waals surface area contributed by atoms with Gasteiger partial charge in [-0.2, -0.15) is 8.42 Å². The minimum Gasteiger partial charge on any atom is -0.398 e. The number of halogens is 1. The largest absolute Gasteiger partial charge is 0.398 e. The Morgan fingerprint density at radius 1 is 1.43 bits per heavy atom. The van der Waals surface area contributed by atoms with Crippen molar-refractivity contribution >= 4 is 37.4 Å². The molecule has 78 valence electrons. The van der Waals surface area contributed by atoms with Crippen LogP contribution in [0, 0.1) is 6.92 Å². The summed E-state index contributed by atoms with van der Waals surface area (Å²) in [5, 5.41) is 0. The minimum atomic E-state index is -4.30. The van der Waals surface area contributed by atoms with E-state index in [9.17, 15) is 8.42 Å². The molecular weight excluding hydrogens is 272 g/mol. The van der Waals surface area contributed by atoms with Crippen LogP contribution in [0.25, 0.3) is 0 Å². The summed E-state index contributed by atoms with van der Waals surface area (Å²) >= 11 is 2.98. The minimum absolute atomic E-state index is 0.131. The lowest BCUT2D eigenvalue weighted by Gasteiger charge is -2.09. The molecule has 0 bridgehead atoms. The van der Waals surface area contributed by atoms with Crippen LogP contribution in [-0.4, -0.2) is 13.0 Å². The molecule has 1 rings (SSSR count). The number of benzene rings is 1. The van der Waals surface area contributed by atoms with Crippen LogP contribution in [0.4, 0.5) is 11.4 Å². The highest BCUT2D eigenvalue weighted by molar-refractivity contribution is 9.10. The lowest BCUT2D eigenvalue weighted by molar-refractivity contribution is 0.482. The molecule has 0 aliphatic rings. The molecule has 5 N–H and O–H groups in total. The van der Waals surface area contributed by atoms with Gasteiger partial charge in [0, 0.05) is 5.69 Å². The summed E-state index contributed by atoms with van der Waals surface area (Å²) in [6, 6.07) is 1.16. The van der Waals surface area contributed by atoms with Gasteiger partial charge in [0.1, 0.15) is 4.90 Å². The fourth-order valence-corrected chi connectivity index (χ4v) is 2.59. The third-order valence-electron chi connectivity index (χ3n) is 1.85. The summed E-state index contributed by atoms with van der Waals surface area (Å²) in [6.07, 6.45) is 0. The first kappa shape index (κ1) is 11.3. The Morgan fingerprint density at radius 3 is 2.36 bits per heavy atom. The zero-order valence-corrected chi connectivity index (χ0v) is 9.68. The monoisotopic (exact) mass is 280 g/mol. The molecule has 0 aromatic heterocycles. The van der Waals surface area contributed by atoms with E-state index in [4.69, 9.17) is 16.0 Å². The van der Waals surface area contributed by atoms with Gasteiger partial charge in [-0.05, 0) is 34.5 Å². The van der Waals surface area contributed by atoms with Gasteiger partial charge in [-0.1, -0.05) is 0 Å². The van der Waals surface area contributed by atoms with E-state index < -0.39 is 10.1 Å². The SMILES string of the molecule is Cc1c(N)cc(S(=O)(=O)O)c(Br)c1N. The second-order valence-corrected chi connectivity index (χ2v) is 4.97. The Kier molecular flexibility index (Phi) is 2.75. The molecule has 1 aromatic carbocycles. The van der Waals surface area contributed by atoms with E-state index >= 15 is 0 Å². The van der Waals surface area contributed by atoms with E-state index in [1.165, 1.54) is 0 Å². The highest BCUT2D eigenvalue weighted by Gasteiger charge is 2.18. The number of anilines is 2. The van der Waals surface area contributed by atoms with Crippen LogP contribution in [-0.2, 0) is 10.1 Å². The molecule has 0 fully saturated rings. The van der Waals surface area contributed by atoms with Crippen LogP contribution in [0.3, 0.4) is 0 Å². The molecule has 0 heterocycles. The van der Waals surface area contributed by atoms with Crippen molar-refractivity contribution in [1.82, 2.24) is 0 Å². The van der Waals surface area contributed by atoms with Crippen molar-refractivity contribution in [2.75, 3.05) is 11.5 Å². The lowest BCUT2D eigenvalue weighted by Crippen LogP contribution is -2.05. The number of rotatable bonds is 1. The average Bonchev–Trinajstić information content (AvgIpc) is 2.06. The Hall–Kier alpha value is -0.790. The predicted octanol–water partition coefficient (Wildman–Crippen LogP) is 1.17. The Labute approximate surface area is 90.0 Å². The maximum Gasteiger partial charge on any atom is 0.295 e.